The normalized spacial score (nSPS) is 14.0. The summed E-state index contributed by atoms with van der Waals surface area (Å²) in [6.07, 6.45) is 2.93. The van der Waals surface area contributed by atoms with Crippen LogP contribution in [-0.4, -0.2) is 22.2 Å². The molecule has 5 nitrogen and oxygen atoms in total. The number of aromatic nitrogens is 2. The van der Waals surface area contributed by atoms with Gasteiger partial charge in [0.2, 0.25) is 0 Å². The Labute approximate surface area is 127 Å². The Hall–Kier alpha value is -2.66. The van der Waals surface area contributed by atoms with Crippen LogP contribution in [0.4, 0.5) is 0 Å². The minimum absolute atomic E-state index is 0.449. The molecule has 3 aromatic rings. The van der Waals surface area contributed by atoms with Crippen molar-refractivity contribution < 1.29 is 4.79 Å². The van der Waals surface area contributed by atoms with Crippen LogP contribution in [0.25, 0.3) is 16.6 Å². The zero-order valence-electron chi connectivity index (χ0n) is 12.0. The number of primary amides is 1. The number of amides is 1. The fourth-order valence-electron chi connectivity index (χ4n) is 3.09. The lowest BCUT2D eigenvalue weighted by Gasteiger charge is -2.20. The highest BCUT2D eigenvalue weighted by molar-refractivity contribution is 6.04. The number of fused-ring (bicyclic) bond motifs is 2. The van der Waals surface area contributed by atoms with Gasteiger partial charge >= 0.3 is 0 Å². The van der Waals surface area contributed by atoms with Crippen molar-refractivity contribution in [2.75, 3.05) is 6.54 Å². The first-order valence-electron chi connectivity index (χ1n) is 7.34. The molecule has 0 bridgehead atoms. The maximum Gasteiger partial charge on any atom is 0.250 e. The second-order valence-electron chi connectivity index (χ2n) is 5.52. The minimum Gasteiger partial charge on any atom is -0.366 e. The molecule has 0 unspecified atom stereocenters. The zero-order chi connectivity index (χ0) is 15.1. The number of rotatable bonds is 2. The van der Waals surface area contributed by atoms with E-state index in [1.165, 1.54) is 11.1 Å². The van der Waals surface area contributed by atoms with E-state index in [0.29, 0.717) is 11.1 Å². The fraction of sp³-hybridized carbons (Fsp3) is 0.176. The average molecular weight is 292 g/mol. The molecule has 1 amide bonds. The Kier molecular flexibility index (Phi) is 2.94. The molecule has 3 N–H and O–H groups in total. The van der Waals surface area contributed by atoms with Gasteiger partial charge in [0.1, 0.15) is 5.52 Å². The van der Waals surface area contributed by atoms with E-state index in [1.807, 2.05) is 29.1 Å². The van der Waals surface area contributed by atoms with E-state index < -0.39 is 5.91 Å². The largest absolute Gasteiger partial charge is 0.366 e. The molecule has 4 rings (SSSR count). The van der Waals surface area contributed by atoms with Crippen molar-refractivity contribution >= 4 is 16.8 Å². The van der Waals surface area contributed by atoms with Crippen molar-refractivity contribution in [3.05, 3.63) is 59.3 Å². The van der Waals surface area contributed by atoms with Crippen molar-refractivity contribution in [3.63, 3.8) is 0 Å². The third-order valence-corrected chi connectivity index (χ3v) is 4.16. The van der Waals surface area contributed by atoms with Crippen molar-refractivity contribution in [2.24, 2.45) is 5.73 Å². The molecule has 0 fully saturated rings. The Morgan fingerprint density at radius 1 is 1.23 bits per heavy atom. The van der Waals surface area contributed by atoms with Crippen LogP contribution < -0.4 is 11.1 Å². The first-order valence-corrected chi connectivity index (χ1v) is 7.34. The van der Waals surface area contributed by atoms with E-state index in [9.17, 15) is 4.79 Å². The van der Waals surface area contributed by atoms with Crippen LogP contribution in [0.5, 0.6) is 0 Å². The van der Waals surface area contributed by atoms with Gasteiger partial charge in [0, 0.05) is 18.1 Å². The molecule has 1 aromatic heterocycles. The van der Waals surface area contributed by atoms with Crippen LogP contribution in [0.1, 0.15) is 21.5 Å². The van der Waals surface area contributed by atoms with Crippen molar-refractivity contribution in [2.45, 2.75) is 13.0 Å². The highest BCUT2D eigenvalue weighted by Crippen LogP contribution is 2.24. The third-order valence-electron chi connectivity index (χ3n) is 4.16. The van der Waals surface area contributed by atoms with Crippen LogP contribution in [-0.2, 0) is 13.0 Å². The number of nitrogens with zero attached hydrogens (tertiary/aromatic N) is 2. The molecule has 22 heavy (non-hydrogen) atoms. The van der Waals surface area contributed by atoms with E-state index in [1.54, 1.807) is 6.07 Å². The quantitative estimate of drug-likeness (QED) is 0.756. The first kappa shape index (κ1) is 13.0. The van der Waals surface area contributed by atoms with E-state index in [0.717, 1.165) is 30.6 Å². The monoisotopic (exact) mass is 292 g/mol. The number of benzene rings is 2. The number of nitrogens with one attached hydrogen (secondary N) is 1. The van der Waals surface area contributed by atoms with Gasteiger partial charge in [-0.1, -0.05) is 24.3 Å². The lowest BCUT2D eigenvalue weighted by Crippen LogP contribution is -2.24. The second kappa shape index (κ2) is 4.96. The van der Waals surface area contributed by atoms with Crippen LogP contribution in [0.3, 0.4) is 0 Å². The summed E-state index contributed by atoms with van der Waals surface area (Å²) in [7, 11) is 0. The minimum atomic E-state index is -0.449. The molecular formula is C17H16N4O. The van der Waals surface area contributed by atoms with Gasteiger partial charge in [-0.25, -0.2) is 4.68 Å². The Balaban J connectivity index is 1.92. The predicted octanol–water partition coefficient (Wildman–Crippen LogP) is 1.77. The van der Waals surface area contributed by atoms with Gasteiger partial charge in [-0.2, -0.15) is 5.10 Å². The summed E-state index contributed by atoms with van der Waals surface area (Å²) < 4.78 is 1.86. The van der Waals surface area contributed by atoms with Crippen molar-refractivity contribution in [3.8, 4) is 5.69 Å². The molecule has 1 aliphatic heterocycles. The van der Waals surface area contributed by atoms with Gasteiger partial charge in [0.15, 0.2) is 0 Å². The van der Waals surface area contributed by atoms with Gasteiger partial charge in [0.25, 0.3) is 5.91 Å². The van der Waals surface area contributed by atoms with E-state index in [2.05, 4.69) is 22.5 Å². The Morgan fingerprint density at radius 2 is 2.09 bits per heavy atom. The molecule has 2 heterocycles. The van der Waals surface area contributed by atoms with Crippen LogP contribution in [0.15, 0.2) is 42.6 Å². The number of hydrogen-bond acceptors (Lipinski definition) is 3. The molecule has 1 aliphatic rings. The van der Waals surface area contributed by atoms with Crippen LogP contribution in [0, 0.1) is 0 Å². The first-order chi connectivity index (χ1) is 10.7. The summed E-state index contributed by atoms with van der Waals surface area (Å²) in [5.74, 6) is -0.449. The number of carbonyl (C=O) groups is 1. The molecule has 0 radical (unpaired) electrons. The van der Waals surface area contributed by atoms with E-state index >= 15 is 0 Å². The van der Waals surface area contributed by atoms with Crippen molar-refractivity contribution in [1.82, 2.24) is 15.1 Å². The maximum atomic E-state index is 11.6. The van der Waals surface area contributed by atoms with Gasteiger partial charge in [-0.05, 0) is 36.2 Å². The lowest BCUT2D eigenvalue weighted by atomic mass is 9.99. The van der Waals surface area contributed by atoms with Crippen LogP contribution >= 0.6 is 0 Å². The third kappa shape index (κ3) is 1.98. The average Bonchev–Trinajstić information content (AvgIpc) is 2.97. The van der Waals surface area contributed by atoms with Gasteiger partial charge in [-0.15, -0.1) is 0 Å². The number of hydrogen-bond donors (Lipinski definition) is 2. The second-order valence-corrected chi connectivity index (χ2v) is 5.52. The Morgan fingerprint density at radius 3 is 2.95 bits per heavy atom. The van der Waals surface area contributed by atoms with Gasteiger partial charge < -0.3 is 11.1 Å². The number of nitrogens with two attached hydrogens (primary N) is 1. The standard InChI is InChI=1S/C17H16N4O/c18-17(22)14-5-1-4-12-10-21(20-16(12)14)15-6-2-3-11-9-19-8-7-13(11)15/h1-6,10,19H,7-9H2,(H2,18,22). The summed E-state index contributed by atoms with van der Waals surface area (Å²) >= 11 is 0. The molecule has 0 aliphatic carbocycles. The number of carbonyl (C=O) groups excluding carboxylic acids is 1. The molecule has 0 atom stereocenters. The highest BCUT2D eigenvalue weighted by atomic mass is 16.1. The molecule has 0 saturated heterocycles. The molecular weight excluding hydrogens is 276 g/mol. The van der Waals surface area contributed by atoms with E-state index in [-0.39, 0.29) is 0 Å². The van der Waals surface area contributed by atoms with Crippen molar-refractivity contribution in [1.29, 1.82) is 0 Å². The molecule has 110 valence electrons. The van der Waals surface area contributed by atoms with Crippen LogP contribution in [0.2, 0.25) is 0 Å². The molecule has 0 spiro atoms. The molecule has 2 aromatic carbocycles. The fourth-order valence-corrected chi connectivity index (χ4v) is 3.09. The SMILES string of the molecule is NC(=O)c1cccc2cn(-c3cccc4c3CCNC4)nc12. The Bertz CT molecular complexity index is 881. The molecule has 0 saturated carbocycles. The zero-order valence-corrected chi connectivity index (χ0v) is 12.0. The summed E-state index contributed by atoms with van der Waals surface area (Å²) in [5.41, 5.74) is 10.3. The topological polar surface area (TPSA) is 72.9 Å². The van der Waals surface area contributed by atoms with Gasteiger partial charge in [-0.3, -0.25) is 4.79 Å². The summed E-state index contributed by atoms with van der Waals surface area (Å²) in [6, 6.07) is 11.7. The predicted molar refractivity (Wildman–Crippen MR) is 85.0 cm³/mol. The van der Waals surface area contributed by atoms with Gasteiger partial charge in [0.05, 0.1) is 11.3 Å². The molecule has 5 heteroatoms. The highest BCUT2D eigenvalue weighted by Gasteiger charge is 2.16. The summed E-state index contributed by atoms with van der Waals surface area (Å²) in [6.45, 7) is 1.85. The summed E-state index contributed by atoms with van der Waals surface area (Å²) in [5, 5.41) is 8.91. The smallest absolute Gasteiger partial charge is 0.250 e. The lowest BCUT2D eigenvalue weighted by molar-refractivity contribution is 0.100. The van der Waals surface area contributed by atoms with E-state index in [4.69, 9.17) is 5.73 Å². The summed E-state index contributed by atoms with van der Waals surface area (Å²) in [4.78, 5) is 11.6. The maximum absolute atomic E-state index is 11.6.